The zero-order chi connectivity index (χ0) is 11.3. The predicted octanol–water partition coefficient (Wildman–Crippen LogP) is 2.74. The molecule has 0 fully saturated rings. The number of rotatable bonds is 5. The lowest BCUT2D eigenvalue weighted by molar-refractivity contribution is -0.118. The SMILES string of the molecule is C=C(C)CC(=O)CCc1ccc(N)cc1. The van der Waals surface area contributed by atoms with Gasteiger partial charge in [-0.15, -0.1) is 0 Å². The van der Waals surface area contributed by atoms with E-state index >= 15 is 0 Å². The summed E-state index contributed by atoms with van der Waals surface area (Å²) in [7, 11) is 0. The summed E-state index contributed by atoms with van der Waals surface area (Å²) in [4.78, 5) is 11.4. The third-order valence-corrected chi connectivity index (χ3v) is 2.17. The smallest absolute Gasteiger partial charge is 0.137 e. The Labute approximate surface area is 90.8 Å². The van der Waals surface area contributed by atoms with Gasteiger partial charge >= 0.3 is 0 Å². The molecule has 2 nitrogen and oxygen atoms in total. The van der Waals surface area contributed by atoms with Gasteiger partial charge in [0, 0.05) is 18.5 Å². The molecule has 1 rings (SSSR count). The van der Waals surface area contributed by atoms with Gasteiger partial charge in [0.1, 0.15) is 5.78 Å². The molecule has 0 saturated carbocycles. The van der Waals surface area contributed by atoms with Crippen molar-refractivity contribution in [1.82, 2.24) is 0 Å². The molecule has 0 aromatic heterocycles. The van der Waals surface area contributed by atoms with Gasteiger partial charge in [-0.1, -0.05) is 24.3 Å². The van der Waals surface area contributed by atoms with Crippen LogP contribution in [0.5, 0.6) is 0 Å². The highest BCUT2D eigenvalue weighted by Crippen LogP contribution is 2.09. The number of carbonyl (C=O) groups is 1. The van der Waals surface area contributed by atoms with Gasteiger partial charge < -0.3 is 5.73 Å². The summed E-state index contributed by atoms with van der Waals surface area (Å²) in [5.74, 6) is 0.249. The van der Waals surface area contributed by atoms with Gasteiger partial charge in [-0.3, -0.25) is 4.79 Å². The lowest BCUT2D eigenvalue weighted by Crippen LogP contribution is -2.00. The Kier molecular flexibility index (Phi) is 4.10. The summed E-state index contributed by atoms with van der Waals surface area (Å²) in [6.07, 6.45) is 1.86. The van der Waals surface area contributed by atoms with Crippen LogP contribution in [-0.2, 0) is 11.2 Å². The molecule has 0 bridgehead atoms. The van der Waals surface area contributed by atoms with Crippen LogP contribution in [0, 0.1) is 0 Å². The maximum Gasteiger partial charge on any atom is 0.137 e. The molecule has 1 aromatic carbocycles. The zero-order valence-corrected chi connectivity index (χ0v) is 9.12. The van der Waals surface area contributed by atoms with E-state index in [-0.39, 0.29) is 5.78 Å². The van der Waals surface area contributed by atoms with Crippen LogP contribution in [0.4, 0.5) is 5.69 Å². The van der Waals surface area contributed by atoms with E-state index in [9.17, 15) is 4.79 Å². The Morgan fingerprint density at radius 1 is 1.33 bits per heavy atom. The maximum atomic E-state index is 11.4. The van der Waals surface area contributed by atoms with Gasteiger partial charge in [-0.05, 0) is 31.0 Å². The molecule has 0 aliphatic rings. The lowest BCUT2D eigenvalue weighted by Gasteiger charge is -2.02. The van der Waals surface area contributed by atoms with Crippen LogP contribution in [0.1, 0.15) is 25.3 Å². The molecule has 2 N–H and O–H groups in total. The number of nitrogen functional groups attached to an aromatic ring is 1. The van der Waals surface area contributed by atoms with Crippen LogP contribution in [0.25, 0.3) is 0 Å². The first-order valence-electron chi connectivity index (χ1n) is 5.08. The van der Waals surface area contributed by atoms with E-state index < -0.39 is 0 Å². The molecule has 0 spiro atoms. The number of nitrogens with two attached hydrogens (primary N) is 1. The summed E-state index contributed by atoms with van der Waals surface area (Å²) in [6, 6.07) is 7.64. The van der Waals surface area contributed by atoms with Crippen molar-refractivity contribution in [2.45, 2.75) is 26.2 Å². The van der Waals surface area contributed by atoms with E-state index in [1.54, 1.807) is 0 Å². The van der Waals surface area contributed by atoms with E-state index in [0.717, 1.165) is 23.2 Å². The minimum absolute atomic E-state index is 0.249. The number of allylic oxidation sites excluding steroid dienone is 1. The van der Waals surface area contributed by atoms with Crippen LogP contribution >= 0.6 is 0 Å². The normalized spacial score (nSPS) is 9.93. The first-order valence-corrected chi connectivity index (χ1v) is 5.08. The van der Waals surface area contributed by atoms with Crippen LogP contribution < -0.4 is 5.73 Å². The number of Topliss-reactive ketones (excluding diaryl/α,β-unsaturated/α-hetero) is 1. The Bertz CT molecular complexity index is 351. The standard InChI is InChI=1S/C13H17NO/c1-10(2)9-13(15)8-5-11-3-6-12(14)7-4-11/h3-4,6-7H,1,5,8-9,14H2,2H3. The van der Waals surface area contributed by atoms with Gasteiger partial charge in [0.15, 0.2) is 0 Å². The maximum absolute atomic E-state index is 11.4. The fourth-order valence-corrected chi connectivity index (χ4v) is 1.39. The van der Waals surface area contributed by atoms with E-state index in [2.05, 4.69) is 6.58 Å². The van der Waals surface area contributed by atoms with E-state index in [1.807, 2.05) is 31.2 Å². The van der Waals surface area contributed by atoms with Gasteiger partial charge in [0.05, 0.1) is 0 Å². The zero-order valence-electron chi connectivity index (χ0n) is 9.12. The molecule has 0 atom stereocenters. The van der Waals surface area contributed by atoms with Crippen molar-refractivity contribution in [3.8, 4) is 0 Å². The number of benzene rings is 1. The summed E-state index contributed by atoms with van der Waals surface area (Å²) >= 11 is 0. The molecular formula is C13H17NO. The monoisotopic (exact) mass is 203 g/mol. The average molecular weight is 203 g/mol. The van der Waals surface area contributed by atoms with E-state index in [4.69, 9.17) is 5.73 Å². The highest BCUT2D eigenvalue weighted by atomic mass is 16.1. The Balaban J connectivity index is 2.40. The third kappa shape index (κ3) is 4.45. The lowest BCUT2D eigenvalue weighted by atomic mass is 10.0. The van der Waals surface area contributed by atoms with Crippen molar-refractivity contribution in [2.75, 3.05) is 5.73 Å². The highest BCUT2D eigenvalue weighted by Gasteiger charge is 2.02. The minimum Gasteiger partial charge on any atom is -0.399 e. The van der Waals surface area contributed by atoms with Gasteiger partial charge in [-0.2, -0.15) is 0 Å². The fraction of sp³-hybridized carbons (Fsp3) is 0.308. The molecule has 0 amide bonds. The number of hydrogen-bond donors (Lipinski definition) is 1. The fourth-order valence-electron chi connectivity index (χ4n) is 1.39. The van der Waals surface area contributed by atoms with Crippen LogP contribution in [0.15, 0.2) is 36.4 Å². The molecule has 1 aromatic rings. The number of hydrogen-bond acceptors (Lipinski definition) is 2. The summed E-state index contributed by atoms with van der Waals surface area (Å²) in [5, 5.41) is 0. The minimum atomic E-state index is 0.249. The van der Waals surface area contributed by atoms with Crippen molar-refractivity contribution >= 4 is 11.5 Å². The highest BCUT2D eigenvalue weighted by molar-refractivity contribution is 5.80. The van der Waals surface area contributed by atoms with Crippen molar-refractivity contribution < 1.29 is 4.79 Å². The number of anilines is 1. The Morgan fingerprint density at radius 2 is 1.93 bits per heavy atom. The summed E-state index contributed by atoms with van der Waals surface area (Å²) < 4.78 is 0. The molecule has 0 aliphatic heterocycles. The largest absolute Gasteiger partial charge is 0.399 e. The molecular weight excluding hydrogens is 186 g/mol. The molecule has 0 radical (unpaired) electrons. The van der Waals surface area contributed by atoms with E-state index in [1.165, 1.54) is 0 Å². The van der Waals surface area contributed by atoms with Crippen molar-refractivity contribution in [3.05, 3.63) is 42.0 Å². The predicted molar refractivity (Wildman–Crippen MR) is 63.6 cm³/mol. The number of carbonyl (C=O) groups excluding carboxylic acids is 1. The van der Waals surface area contributed by atoms with E-state index in [0.29, 0.717) is 12.8 Å². The first-order chi connectivity index (χ1) is 7.08. The van der Waals surface area contributed by atoms with Gasteiger partial charge in [0.25, 0.3) is 0 Å². The number of ketones is 1. The molecule has 80 valence electrons. The Morgan fingerprint density at radius 3 is 2.47 bits per heavy atom. The molecule has 15 heavy (non-hydrogen) atoms. The second-order valence-electron chi connectivity index (χ2n) is 3.91. The molecule has 0 unspecified atom stereocenters. The van der Waals surface area contributed by atoms with Crippen molar-refractivity contribution in [2.24, 2.45) is 0 Å². The third-order valence-electron chi connectivity index (χ3n) is 2.17. The van der Waals surface area contributed by atoms with Crippen molar-refractivity contribution in [1.29, 1.82) is 0 Å². The molecule has 0 saturated heterocycles. The van der Waals surface area contributed by atoms with Crippen LogP contribution in [0.2, 0.25) is 0 Å². The van der Waals surface area contributed by atoms with Crippen LogP contribution in [-0.4, -0.2) is 5.78 Å². The summed E-state index contributed by atoms with van der Waals surface area (Å²) in [5.41, 5.74) is 8.41. The quantitative estimate of drug-likeness (QED) is 0.590. The molecule has 0 aliphatic carbocycles. The van der Waals surface area contributed by atoms with Crippen LogP contribution in [0.3, 0.4) is 0 Å². The molecule has 2 heteroatoms. The molecule has 0 heterocycles. The number of aryl methyl sites for hydroxylation is 1. The first kappa shape index (κ1) is 11.5. The van der Waals surface area contributed by atoms with Gasteiger partial charge in [-0.25, -0.2) is 0 Å². The second kappa shape index (κ2) is 5.35. The van der Waals surface area contributed by atoms with Crippen molar-refractivity contribution in [3.63, 3.8) is 0 Å². The summed E-state index contributed by atoms with van der Waals surface area (Å²) in [6.45, 7) is 5.60. The Hall–Kier alpha value is -1.57. The average Bonchev–Trinajstić information content (AvgIpc) is 2.16. The second-order valence-corrected chi connectivity index (χ2v) is 3.91. The van der Waals surface area contributed by atoms with Gasteiger partial charge in [0.2, 0.25) is 0 Å². The topological polar surface area (TPSA) is 43.1 Å².